The first-order valence-electron chi connectivity index (χ1n) is 2.70. The molecule has 0 saturated heterocycles. The van der Waals surface area contributed by atoms with Gasteiger partial charge in [0.15, 0.2) is 0 Å². The summed E-state index contributed by atoms with van der Waals surface area (Å²) in [6.07, 6.45) is -0.999. The third-order valence-electron chi connectivity index (χ3n) is 1.01. The van der Waals surface area contributed by atoms with Crippen LogP contribution in [0.1, 0.15) is 6.42 Å². The van der Waals surface area contributed by atoms with E-state index >= 15 is 0 Å². The summed E-state index contributed by atoms with van der Waals surface area (Å²) in [6, 6.07) is 0. The Balaban J connectivity index is 0. The molecule has 0 aromatic heterocycles. The van der Waals surface area contributed by atoms with Crippen molar-refractivity contribution in [3.63, 3.8) is 0 Å². The molecule has 0 saturated carbocycles. The van der Waals surface area contributed by atoms with Crippen LogP contribution < -0.4 is 17.0 Å². The lowest BCUT2D eigenvalue weighted by Gasteiger charge is -2.11. The molecule has 1 unspecified atom stereocenters. The van der Waals surface area contributed by atoms with Crippen LogP contribution in [0.15, 0.2) is 0 Å². The third kappa shape index (κ3) is 5.11. The van der Waals surface area contributed by atoms with E-state index in [1.165, 1.54) is 0 Å². The zero-order chi connectivity index (χ0) is 9.94. The topological polar surface area (TPSA) is 174 Å². The van der Waals surface area contributed by atoms with Crippen molar-refractivity contribution in [1.29, 1.82) is 0 Å². The van der Waals surface area contributed by atoms with Gasteiger partial charge in [-0.2, -0.15) is 8.42 Å². The first-order valence-corrected chi connectivity index (χ1v) is 4.21. The monoisotopic (exact) mass is 214 g/mol. The van der Waals surface area contributed by atoms with E-state index in [4.69, 9.17) is 4.55 Å². The highest BCUT2D eigenvalue weighted by atomic mass is 32.2. The van der Waals surface area contributed by atoms with E-state index in [0.29, 0.717) is 0 Å². The number of aliphatic carboxylic acids is 1. The second kappa shape index (κ2) is 4.74. The fourth-order valence-electron chi connectivity index (χ4n) is 0.493. The highest BCUT2D eigenvalue weighted by molar-refractivity contribution is 7.87. The Morgan fingerprint density at radius 2 is 1.85 bits per heavy atom. The zero-order valence-electron chi connectivity index (χ0n) is 6.76. The minimum Gasteiger partial charge on any atom is -0.549 e. The van der Waals surface area contributed by atoms with Gasteiger partial charge in [0, 0.05) is 0 Å². The predicted octanol–water partition coefficient (Wildman–Crippen LogP) is -2.76. The molecule has 0 aliphatic heterocycles. The van der Waals surface area contributed by atoms with E-state index in [-0.39, 0.29) is 6.15 Å². The fraction of sp³-hybridized carbons (Fsp3) is 0.500. The molecule has 8 nitrogen and oxygen atoms in total. The maximum absolute atomic E-state index is 10.2. The number of carbonyl (C=O) groups excluding carboxylic acids is 2. The number of hydrogen-bond acceptors (Lipinski definition) is 5. The van der Waals surface area contributed by atoms with Gasteiger partial charge in [-0.25, -0.2) is 0 Å². The Kier molecular flexibility index (Phi) is 5.23. The molecule has 0 heterocycles. The molecule has 9 heteroatoms. The van der Waals surface area contributed by atoms with Crippen molar-refractivity contribution < 1.29 is 27.7 Å². The van der Waals surface area contributed by atoms with Crippen LogP contribution in [0.2, 0.25) is 0 Å². The summed E-state index contributed by atoms with van der Waals surface area (Å²) in [4.78, 5) is 20.1. The van der Waals surface area contributed by atoms with Gasteiger partial charge in [0.1, 0.15) is 5.25 Å². The number of primary amides is 1. The molecule has 0 bridgehead atoms. The van der Waals surface area contributed by atoms with Crippen LogP contribution in [0.5, 0.6) is 0 Å². The SMILES string of the molecule is NC(=O)CC(C(=O)[O-])S(=O)(=O)O.[NH4+]. The van der Waals surface area contributed by atoms with Gasteiger partial charge in [-0.15, -0.1) is 0 Å². The Bertz CT molecular complexity index is 296. The molecule has 0 spiro atoms. The van der Waals surface area contributed by atoms with Crippen LogP contribution in [0.4, 0.5) is 0 Å². The molecule has 0 rings (SSSR count). The van der Waals surface area contributed by atoms with E-state index in [1.54, 1.807) is 0 Å². The molecule has 0 aromatic rings. The van der Waals surface area contributed by atoms with Gasteiger partial charge in [0.25, 0.3) is 10.1 Å². The quantitative estimate of drug-likeness (QED) is 0.427. The van der Waals surface area contributed by atoms with E-state index in [0.717, 1.165) is 0 Å². The number of quaternary nitrogens is 1. The molecule has 0 radical (unpaired) electrons. The molecule has 7 N–H and O–H groups in total. The van der Waals surface area contributed by atoms with Gasteiger partial charge in [-0.05, 0) is 0 Å². The molecular weight excluding hydrogens is 204 g/mol. The first-order chi connectivity index (χ1) is 5.25. The molecule has 13 heavy (non-hydrogen) atoms. The highest BCUT2D eigenvalue weighted by Gasteiger charge is 2.26. The Labute approximate surface area is 74.1 Å². The van der Waals surface area contributed by atoms with Gasteiger partial charge in [-0.3, -0.25) is 9.35 Å². The molecule has 0 aromatic carbocycles. The number of carboxylic acids is 1. The molecule has 1 amide bonds. The highest BCUT2D eigenvalue weighted by Crippen LogP contribution is 2.02. The van der Waals surface area contributed by atoms with Gasteiger partial charge in [0.2, 0.25) is 5.91 Å². The number of hydrogen-bond donors (Lipinski definition) is 3. The molecule has 0 aliphatic carbocycles. The summed E-state index contributed by atoms with van der Waals surface area (Å²) in [5.41, 5.74) is 4.52. The largest absolute Gasteiger partial charge is 0.549 e. The van der Waals surface area contributed by atoms with Crippen molar-refractivity contribution in [2.45, 2.75) is 11.7 Å². The van der Waals surface area contributed by atoms with Gasteiger partial charge >= 0.3 is 0 Å². The van der Waals surface area contributed by atoms with Crippen molar-refractivity contribution in [2.75, 3.05) is 0 Å². The standard InChI is InChI=1S/C4H7NO6S.H3N/c5-3(6)1-2(4(7)8)12(9,10)11;/h2H,1H2,(H2,5,6)(H,7,8)(H,9,10,11);1H3. The van der Waals surface area contributed by atoms with Gasteiger partial charge < -0.3 is 21.8 Å². The second-order valence-electron chi connectivity index (χ2n) is 1.99. The number of nitrogens with two attached hydrogens (primary N) is 1. The average Bonchev–Trinajstić information content (AvgIpc) is 1.79. The van der Waals surface area contributed by atoms with E-state index in [9.17, 15) is 23.1 Å². The molecule has 0 fully saturated rings. The van der Waals surface area contributed by atoms with E-state index in [2.05, 4.69) is 5.73 Å². The lowest BCUT2D eigenvalue weighted by Crippen LogP contribution is -2.43. The fourth-order valence-corrected chi connectivity index (χ4v) is 1.11. The Hall–Kier alpha value is -1.19. The Morgan fingerprint density at radius 3 is 1.92 bits per heavy atom. The predicted molar refractivity (Wildman–Crippen MR) is 40.1 cm³/mol. The smallest absolute Gasteiger partial charge is 0.273 e. The summed E-state index contributed by atoms with van der Waals surface area (Å²) < 4.78 is 28.7. The minimum atomic E-state index is -4.82. The number of carbonyl (C=O) groups is 2. The van der Waals surface area contributed by atoms with E-state index in [1.807, 2.05) is 0 Å². The summed E-state index contributed by atoms with van der Waals surface area (Å²) in [6.45, 7) is 0. The maximum Gasteiger partial charge on any atom is 0.273 e. The van der Waals surface area contributed by atoms with E-state index < -0.39 is 33.7 Å². The summed E-state index contributed by atoms with van der Waals surface area (Å²) >= 11 is 0. The molecule has 78 valence electrons. The normalized spacial score (nSPS) is 12.7. The molecule has 0 aliphatic rings. The lowest BCUT2D eigenvalue weighted by atomic mass is 10.3. The van der Waals surface area contributed by atoms with Crippen LogP contribution in [0.3, 0.4) is 0 Å². The summed E-state index contributed by atoms with van der Waals surface area (Å²) in [5.74, 6) is -3.21. The van der Waals surface area contributed by atoms with Crippen molar-refractivity contribution >= 4 is 22.0 Å². The summed E-state index contributed by atoms with van der Waals surface area (Å²) in [7, 11) is -4.82. The van der Waals surface area contributed by atoms with Crippen LogP contribution in [-0.4, -0.2) is 30.1 Å². The van der Waals surface area contributed by atoms with Crippen molar-refractivity contribution in [2.24, 2.45) is 5.73 Å². The average molecular weight is 214 g/mol. The number of amides is 1. The zero-order valence-corrected chi connectivity index (χ0v) is 7.58. The van der Waals surface area contributed by atoms with Gasteiger partial charge in [-0.1, -0.05) is 0 Å². The second-order valence-corrected chi connectivity index (χ2v) is 3.59. The number of rotatable bonds is 4. The van der Waals surface area contributed by atoms with Crippen LogP contribution in [0.25, 0.3) is 0 Å². The van der Waals surface area contributed by atoms with Crippen LogP contribution >= 0.6 is 0 Å². The minimum absolute atomic E-state index is 0. The van der Waals surface area contributed by atoms with Crippen LogP contribution in [0, 0.1) is 0 Å². The first kappa shape index (κ1) is 14.3. The lowest BCUT2D eigenvalue weighted by molar-refractivity contribution is -0.305. The van der Waals surface area contributed by atoms with Crippen molar-refractivity contribution in [1.82, 2.24) is 6.15 Å². The molecule has 1 atom stereocenters. The summed E-state index contributed by atoms with van der Waals surface area (Å²) in [5, 5.41) is 7.74. The molecular formula is C4H10N2O6S. The van der Waals surface area contributed by atoms with Crippen molar-refractivity contribution in [3.8, 4) is 0 Å². The maximum atomic E-state index is 10.2. The van der Waals surface area contributed by atoms with Crippen molar-refractivity contribution in [3.05, 3.63) is 0 Å². The van der Waals surface area contributed by atoms with Gasteiger partial charge in [0.05, 0.1) is 12.4 Å². The van der Waals surface area contributed by atoms with Crippen LogP contribution in [-0.2, 0) is 19.7 Å². The third-order valence-corrected chi connectivity index (χ3v) is 2.09. The Morgan fingerprint density at radius 1 is 1.46 bits per heavy atom. The number of carboxylic acid groups (broad SMARTS) is 1.